The Hall–Kier alpha value is -0.920. The summed E-state index contributed by atoms with van der Waals surface area (Å²) in [7, 11) is 0. The number of hydrogen-bond acceptors (Lipinski definition) is 0. The van der Waals surface area contributed by atoms with Gasteiger partial charge in [0.15, 0.2) is 0 Å². The lowest BCUT2D eigenvalue weighted by Crippen LogP contribution is -2.18. The van der Waals surface area contributed by atoms with Crippen LogP contribution in [-0.2, 0) is 5.41 Å². The molecule has 1 aromatic rings. The van der Waals surface area contributed by atoms with E-state index in [9.17, 15) is 8.78 Å². The van der Waals surface area contributed by atoms with E-state index < -0.39 is 6.43 Å². The predicted molar refractivity (Wildman–Crippen MR) is 64.1 cm³/mol. The molecule has 0 N–H and O–H groups in total. The maximum Gasteiger partial charge on any atom is 0.264 e. The summed E-state index contributed by atoms with van der Waals surface area (Å²) in [6.45, 7) is 8.16. The number of halogens is 2. The van der Waals surface area contributed by atoms with Crippen LogP contribution in [0.4, 0.5) is 8.78 Å². The minimum absolute atomic E-state index is 0.0241. The molecule has 0 spiro atoms. The minimum Gasteiger partial charge on any atom is -0.205 e. The summed E-state index contributed by atoms with van der Waals surface area (Å²) in [5.74, 6) is 0. The van der Waals surface area contributed by atoms with Crippen molar-refractivity contribution in [2.24, 2.45) is 0 Å². The van der Waals surface area contributed by atoms with Crippen molar-refractivity contribution in [1.29, 1.82) is 0 Å². The second-order valence-corrected chi connectivity index (χ2v) is 4.95. The molecule has 0 fully saturated rings. The number of alkyl halides is 2. The molecule has 0 heterocycles. The van der Waals surface area contributed by atoms with Gasteiger partial charge in [-0.2, -0.15) is 0 Å². The molecule has 16 heavy (non-hydrogen) atoms. The third kappa shape index (κ3) is 2.60. The fraction of sp³-hybridized carbons (Fsp3) is 0.571. The summed E-state index contributed by atoms with van der Waals surface area (Å²) < 4.78 is 25.6. The van der Waals surface area contributed by atoms with Gasteiger partial charge in [-0.05, 0) is 29.9 Å². The highest BCUT2D eigenvalue weighted by Crippen LogP contribution is 2.34. The summed E-state index contributed by atoms with van der Waals surface area (Å²) in [5, 5.41) is 0. The quantitative estimate of drug-likeness (QED) is 0.677. The van der Waals surface area contributed by atoms with Gasteiger partial charge in [-0.3, -0.25) is 0 Å². The van der Waals surface area contributed by atoms with E-state index in [0.717, 1.165) is 24.0 Å². The van der Waals surface area contributed by atoms with Crippen molar-refractivity contribution < 1.29 is 8.78 Å². The van der Waals surface area contributed by atoms with Gasteiger partial charge < -0.3 is 0 Å². The van der Waals surface area contributed by atoms with Crippen molar-refractivity contribution in [3.63, 3.8) is 0 Å². The van der Waals surface area contributed by atoms with Crippen molar-refractivity contribution in [3.05, 3.63) is 34.9 Å². The molecule has 0 saturated carbocycles. The number of benzene rings is 1. The van der Waals surface area contributed by atoms with Crippen LogP contribution in [0, 0.1) is 6.92 Å². The summed E-state index contributed by atoms with van der Waals surface area (Å²) in [6.07, 6.45) is -0.302. The first kappa shape index (κ1) is 13.1. The van der Waals surface area contributed by atoms with Crippen LogP contribution in [0.1, 0.15) is 56.7 Å². The number of hydrogen-bond donors (Lipinski definition) is 0. The van der Waals surface area contributed by atoms with Crippen LogP contribution in [0.25, 0.3) is 0 Å². The van der Waals surface area contributed by atoms with E-state index in [-0.39, 0.29) is 11.0 Å². The second-order valence-electron chi connectivity index (χ2n) is 4.95. The molecule has 0 bridgehead atoms. The molecule has 1 rings (SSSR count). The SMILES string of the molecule is CCCC(C)(C)c1cccc(C(F)F)c1C. The van der Waals surface area contributed by atoms with Crippen LogP contribution in [0.3, 0.4) is 0 Å². The Kier molecular flexibility index (Phi) is 4.06. The molecule has 0 atom stereocenters. The molecule has 0 amide bonds. The molecule has 1 aromatic carbocycles. The van der Waals surface area contributed by atoms with Crippen molar-refractivity contribution in [2.45, 2.75) is 52.4 Å². The first-order chi connectivity index (χ1) is 7.40. The van der Waals surface area contributed by atoms with E-state index >= 15 is 0 Å². The molecule has 2 heteroatoms. The molecule has 0 saturated heterocycles. The van der Waals surface area contributed by atoms with E-state index in [1.165, 1.54) is 6.07 Å². The largest absolute Gasteiger partial charge is 0.264 e. The average Bonchev–Trinajstić information content (AvgIpc) is 2.17. The molecule has 0 radical (unpaired) electrons. The van der Waals surface area contributed by atoms with Crippen molar-refractivity contribution in [3.8, 4) is 0 Å². The van der Waals surface area contributed by atoms with Gasteiger partial charge in [-0.25, -0.2) is 8.78 Å². The standard InChI is InChI=1S/C14H20F2/c1-5-9-14(3,4)12-8-6-7-11(10(12)2)13(15)16/h6-8,13H,5,9H2,1-4H3. The van der Waals surface area contributed by atoms with Crippen molar-refractivity contribution in [1.82, 2.24) is 0 Å². The first-order valence-corrected chi connectivity index (χ1v) is 5.78. The Labute approximate surface area is 96.7 Å². The zero-order valence-corrected chi connectivity index (χ0v) is 10.5. The van der Waals surface area contributed by atoms with Crippen LogP contribution in [0.5, 0.6) is 0 Å². The molecular formula is C14H20F2. The summed E-state index contributed by atoms with van der Waals surface area (Å²) in [4.78, 5) is 0. The fourth-order valence-corrected chi connectivity index (χ4v) is 2.38. The molecule has 0 aromatic heterocycles. The van der Waals surface area contributed by atoms with E-state index in [1.807, 2.05) is 6.07 Å². The highest BCUT2D eigenvalue weighted by Gasteiger charge is 2.24. The van der Waals surface area contributed by atoms with Crippen LogP contribution < -0.4 is 0 Å². The van der Waals surface area contributed by atoms with Crippen molar-refractivity contribution >= 4 is 0 Å². The van der Waals surface area contributed by atoms with Crippen LogP contribution >= 0.6 is 0 Å². The lowest BCUT2D eigenvalue weighted by Gasteiger charge is -2.27. The van der Waals surface area contributed by atoms with E-state index in [0.29, 0.717) is 0 Å². The van der Waals surface area contributed by atoms with Crippen molar-refractivity contribution in [2.75, 3.05) is 0 Å². The van der Waals surface area contributed by atoms with Gasteiger partial charge >= 0.3 is 0 Å². The van der Waals surface area contributed by atoms with E-state index in [1.54, 1.807) is 13.0 Å². The Balaban J connectivity index is 3.20. The molecule has 0 nitrogen and oxygen atoms in total. The van der Waals surface area contributed by atoms with Gasteiger partial charge in [0.2, 0.25) is 0 Å². The molecule has 0 aliphatic heterocycles. The third-order valence-electron chi connectivity index (χ3n) is 3.21. The zero-order valence-electron chi connectivity index (χ0n) is 10.5. The summed E-state index contributed by atoms with van der Waals surface area (Å²) in [5.41, 5.74) is 1.94. The maximum atomic E-state index is 12.8. The van der Waals surface area contributed by atoms with Gasteiger partial charge in [0.25, 0.3) is 6.43 Å². The summed E-state index contributed by atoms with van der Waals surface area (Å²) >= 11 is 0. The van der Waals surface area contributed by atoms with Gasteiger partial charge in [0.1, 0.15) is 0 Å². The highest BCUT2D eigenvalue weighted by molar-refractivity contribution is 5.39. The highest BCUT2D eigenvalue weighted by atomic mass is 19.3. The predicted octanol–water partition coefficient (Wildman–Crippen LogP) is 5.01. The first-order valence-electron chi connectivity index (χ1n) is 5.78. The molecule has 0 aliphatic rings. The van der Waals surface area contributed by atoms with Gasteiger partial charge in [0.05, 0.1) is 0 Å². The molecule has 90 valence electrons. The molecule has 0 aliphatic carbocycles. The fourth-order valence-electron chi connectivity index (χ4n) is 2.38. The van der Waals surface area contributed by atoms with E-state index in [2.05, 4.69) is 20.8 Å². The van der Waals surface area contributed by atoms with Crippen LogP contribution in [-0.4, -0.2) is 0 Å². The Morgan fingerprint density at radius 2 is 1.88 bits per heavy atom. The Morgan fingerprint density at radius 1 is 1.25 bits per heavy atom. The summed E-state index contributed by atoms with van der Waals surface area (Å²) in [6, 6.07) is 5.23. The maximum absolute atomic E-state index is 12.8. The lowest BCUT2D eigenvalue weighted by molar-refractivity contribution is 0.150. The van der Waals surface area contributed by atoms with E-state index in [4.69, 9.17) is 0 Å². The van der Waals surface area contributed by atoms with Gasteiger partial charge in [-0.1, -0.05) is 45.4 Å². The van der Waals surface area contributed by atoms with Gasteiger partial charge in [-0.15, -0.1) is 0 Å². The topological polar surface area (TPSA) is 0 Å². The molecular weight excluding hydrogens is 206 g/mol. The van der Waals surface area contributed by atoms with Crippen LogP contribution in [0.2, 0.25) is 0 Å². The van der Waals surface area contributed by atoms with Crippen LogP contribution in [0.15, 0.2) is 18.2 Å². The zero-order chi connectivity index (χ0) is 12.3. The lowest BCUT2D eigenvalue weighted by atomic mass is 9.77. The normalized spacial score (nSPS) is 12.2. The monoisotopic (exact) mass is 226 g/mol. The Morgan fingerprint density at radius 3 is 2.38 bits per heavy atom. The molecule has 0 unspecified atom stereocenters. The average molecular weight is 226 g/mol. The number of rotatable bonds is 4. The second kappa shape index (κ2) is 4.94. The minimum atomic E-state index is -2.38. The third-order valence-corrected chi connectivity index (χ3v) is 3.21. The smallest absolute Gasteiger partial charge is 0.205 e. The van der Waals surface area contributed by atoms with Gasteiger partial charge in [0, 0.05) is 5.56 Å². The Bertz CT molecular complexity index is 354.